The molecule has 0 radical (unpaired) electrons. The molecule has 5 heteroatoms. The zero-order valence-electron chi connectivity index (χ0n) is 12.2. The summed E-state index contributed by atoms with van der Waals surface area (Å²) in [6.07, 6.45) is 1.76. The predicted octanol–water partition coefficient (Wildman–Crippen LogP) is 4.37. The molecule has 2 heterocycles. The van der Waals surface area contributed by atoms with Crippen LogP contribution in [0.15, 0.2) is 36.4 Å². The number of hydrogen-bond acceptors (Lipinski definition) is 3. The van der Waals surface area contributed by atoms with Crippen molar-refractivity contribution in [1.82, 2.24) is 4.90 Å². The Balaban J connectivity index is 1.66. The average Bonchev–Trinajstić information content (AvgIpc) is 2.96. The lowest BCUT2D eigenvalue weighted by atomic mass is 9.98. The predicted molar refractivity (Wildman–Crippen MR) is 90.4 cm³/mol. The Kier molecular flexibility index (Phi) is 4.81. The number of likely N-dealkylation sites (tertiary alicyclic amines) is 1. The van der Waals surface area contributed by atoms with E-state index in [0.717, 1.165) is 31.0 Å². The zero-order chi connectivity index (χ0) is 15.5. The van der Waals surface area contributed by atoms with Gasteiger partial charge in [-0.25, -0.2) is 0 Å². The molecule has 3 nitrogen and oxygen atoms in total. The Morgan fingerprint density at radius 1 is 1.27 bits per heavy atom. The highest BCUT2D eigenvalue weighted by Gasteiger charge is 2.25. The molecule has 1 atom stereocenters. The van der Waals surface area contributed by atoms with Crippen LogP contribution in [0.1, 0.15) is 17.7 Å². The molecular weight excluding hydrogens is 318 g/mol. The molecule has 1 aliphatic rings. The Morgan fingerprint density at radius 2 is 2.05 bits per heavy atom. The summed E-state index contributed by atoms with van der Waals surface area (Å²) < 4.78 is 0. The fraction of sp³-hybridized carbons (Fsp3) is 0.353. The Hall–Kier alpha value is -1.36. The van der Waals surface area contributed by atoms with E-state index in [1.54, 1.807) is 11.3 Å². The van der Waals surface area contributed by atoms with Crippen LogP contribution in [0, 0.1) is 5.92 Å². The van der Waals surface area contributed by atoms with Gasteiger partial charge >= 0.3 is 5.97 Å². The van der Waals surface area contributed by atoms with E-state index in [0.29, 0.717) is 6.54 Å². The van der Waals surface area contributed by atoms with Crippen LogP contribution in [0.25, 0.3) is 10.4 Å². The Bertz CT molecular complexity index is 653. The van der Waals surface area contributed by atoms with E-state index >= 15 is 0 Å². The highest BCUT2D eigenvalue weighted by Crippen LogP contribution is 2.30. The van der Waals surface area contributed by atoms with E-state index < -0.39 is 5.97 Å². The first-order valence-electron chi connectivity index (χ1n) is 7.41. The van der Waals surface area contributed by atoms with Crippen LogP contribution in [0.3, 0.4) is 0 Å². The van der Waals surface area contributed by atoms with Crippen LogP contribution in [0.5, 0.6) is 0 Å². The molecule has 0 bridgehead atoms. The van der Waals surface area contributed by atoms with Gasteiger partial charge in [0, 0.05) is 27.9 Å². The normalized spacial score (nSPS) is 19.2. The van der Waals surface area contributed by atoms with Crippen molar-refractivity contribution in [3.05, 3.63) is 46.3 Å². The minimum absolute atomic E-state index is 0.218. The van der Waals surface area contributed by atoms with E-state index in [4.69, 9.17) is 16.7 Å². The highest BCUT2D eigenvalue weighted by atomic mass is 35.5. The van der Waals surface area contributed by atoms with Crippen molar-refractivity contribution in [2.24, 2.45) is 5.92 Å². The maximum absolute atomic E-state index is 11.1. The third-order valence-corrected chi connectivity index (χ3v) is 5.40. The summed E-state index contributed by atoms with van der Waals surface area (Å²) >= 11 is 7.68. The molecule has 1 aromatic carbocycles. The molecule has 1 fully saturated rings. The molecule has 1 aliphatic heterocycles. The third-order valence-electron chi connectivity index (χ3n) is 4.02. The molecule has 22 heavy (non-hydrogen) atoms. The minimum atomic E-state index is -0.669. The van der Waals surface area contributed by atoms with Crippen molar-refractivity contribution in [2.75, 3.05) is 13.1 Å². The van der Waals surface area contributed by atoms with E-state index in [1.807, 2.05) is 24.3 Å². The van der Waals surface area contributed by atoms with Crippen molar-refractivity contribution in [3.8, 4) is 10.4 Å². The van der Waals surface area contributed by atoms with Crippen molar-refractivity contribution in [1.29, 1.82) is 0 Å². The van der Waals surface area contributed by atoms with Gasteiger partial charge in [0.1, 0.15) is 0 Å². The Morgan fingerprint density at radius 3 is 2.77 bits per heavy atom. The van der Waals surface area contributed by atoms with E-state index in [1.165, 1.54) is 15.3 Å². The topological polar surface area (TPSA) is 40.5 Å². The lowest BCUT2D eigenvalue weighted by Gasteiger charge is -2.30. The summed E-state index contributed by atoms with van der Waals surface area (Å²) in [5, 5.41) is 9.91. The second kappa shape index (κ2) is 6.82. The number of hydrogen-bond donors (Lipinski definition) is 1. The number of piperidine rings is 1. The number of aliphatic carboxylic acids is 1. The standard InChI is InChI=1S/C17H18ClNO2S/c18-14-5-3-12(4-6-14)16-8-7-15(22-16)11-19-9-1-2-13(10-19)17(20)21/h3-8,13H,1-2,9-11H2,(H,20,21). The first-order valence-corrected chi connectivity index (χ1v) is 8.61. The lowest BCUT2D eigenvalue weighted by Crippen LogP contribution is -2.37. The first-order chi connectivity index (χ1) is 10.6. The van der Waals surface area contributed by atoms with Crippen LogP contribution in [-0.4, -0.2) is 29.1 Å². The summed E-state index contributed by atoms with van der Waals surface area (Å²) in [5.41, 5.74) is 1.17. The number of rotatable bonds is 4. The molecular formula is C17H18ClNO2S. The molecule has 2 aromatic rings. The van der Waals surface area contributed by atoms with Crippen molar-refractivity contribution < 1.29 is 9.90 Å². The van der Waals surface area contributed by atoms with Gasteiger partial charge in [0.2, 0.25) is 0 Å². The molecule has 3 rings (SSSR count). The van der Waals surface area contributed by atoms with E-state index in [2.05, 4.69) is 17.0 Å². The molecule has 116 valence electrons. The molecule has 1 N–H and O–H groups in total. The number of thiophene rings is 1. The quantitative estimate of drug-likeness (QED) is 0.902. The van der Waals surface area contributed by atoms with E-state index in [-0.39, 0.29) is 5.92 Å². The van der Waals surface area contributed by atoms with Crippen molar-refractivity contribution in [3.63, 3.8) is 0 Å². The van der Waals surface area contributed by atoms with Crippen LogP contribution < -0.4 is 0 Å². The monoisotopic (exact) mass is 335 g/mol. The third kappa shape index (κ3) is 3.69. The van der Waals surface area contributed by atoms with Gasteiger partial charge in [0.25, 0.3) is 0 Å². The molecule has 1 aromatic heterocycles. The van der Waals surface area contributed by atoms with Gasteiger partial charge < -0.3 is 5.11 Å². The van der Waals surface area contributed by atoms with Crippen LogP contribution in [0.4, 0.5) is 0 Å². The maximum Gasteiger partial charge on any atom is 0.307 e. The number of carbonyl (C=O) groups is 1. The summed E-state index contributed by atoms with van der Waals surface area (Å²) in [7, 11) is 0. The minimum Gasteiger partial charge on any atom is -0.481 e. The van der Waals surface area contributed by atoms with Gasteiger partial charge in [-0.1, -0.05) is 23.7 Å². The van der Waals surface area contributed by atoms with Gasteiger partial charge in [-0.15, -0.1) is 11.3 Å². The summed E-state index contributed by atoms with van der Waals surface area (Å²) in [6.45, 7) is 2.48. The van der Waals surface area contributed by atoms with Gasteiger partial charge in [-0.05, 0) is 49.2 Å². The van der Waals surface area contributed by atoms with Gasteiger partial charge in [-0.3, -0.25) is 9.69 Å². The van der Waals surface area contributed by atoms with Crippen LogP contribution in [-0.2, 0) is 11.3 Å². The molecule has 0 saturated carbocycles. The fourth-order valence-electron chi connectivity index (χ4n) is 2.85. The second-order valence-corrected chi connectivity index (χ2v) is 7.29. The molecule has 0 spiro atoms. The molecule has 0 amide bonds. The molecule has 0 aliphatic carbocycles. The largest absolute Gasteiger partial charge is 0.481 e. The van der Waals surface area contributed by atoms with Crippen molar-refractivity contribution in [2.45, 2.75) is 19.4 Å². The Labute approximate surface area is 139 Å². The van der Waals surface area contributed by atoms with Crippen molar-refractivity contribution >= 4 is 28.9 Å². The number of nitrogens with zero attached hydrogens (tertiary/aromatic N) is 1. The first kappa shape index (κ1) is 15.5. The zero-order valence-corrected chi connectivity index (χ0v) is 13.7. The summed E-state index contributed by atoms with van der Waals surface area (Å²) in [4.78, 5) is 15.9. The van der Waals surface area contributed by atoms with Crippen LogP contribution in [0.2, 0.25) is 5.02 Å². The second-order valence-electron chi connectivity index (χ2n) is 5.69. The van der Waals surface area contributed by atoms with Gasteiger partial charge in [0.05, 0.1) is 5.92 Å². The lowest BCUT2D eigenvalue weighted by molar-refractivity contribution is -0.143. The number of benzene rings is 1. The summed E-state index contributed by atoms with van der Waals surface area (Å²) in [6, 6.07) is 12.1. The highest BCUT2D eigenvalue weighted by molar-refractivity contribution is 7.15. The SMILES string of the molecule is O=C(O)C1CCCN(Cc2ccc(-c3ccc(Cl)cc3)s2)C1. The van der Waals surface area contributed by atoms with Gasteiger partial charge in [0.15, 0.2) is 0 Å². The maximum atomic E-state index is 11.1. The molecule has 1 unspecified atom stereocenters. The van der Waals surface area contributed by atoms with E-state index in [9.17, 15) is 4.79 Å². The summed E-state index contributed by atoms with van der Waals surface area (Å²) in [5.74, 6) is -0.887. The fourth-order valence-corrected chi connectivity index (χ4v) is 4.03. The number of carboxylic acids is 1. The van der Waals surface area contributed by atoms with Gasteiger partial charge in [-0.2, -0.15) is 0 Å². The molecule has 1 saturated heterocycles. The van der Waals surface area contributed by atoms with Crippen LogP contribution >= 0.6 is 22.9 Å². The smallest absolute Gasteiger partial charge is 0.307 e. The number of halogens is 1. The number of carboxylic acid groups (broad SMARTS) is 1. The average molecular weight is 336 g/mol.